The monoisotopic (exact) mass is 242 g/mol. The first kappa shape index (κ1) is 14.4. The van der Waals surface area contributed by atoms with E-state index < -0.39 is 0 Å². The normalized spacial score (nSPS) is 24.5. The second kappa shape index (κ2) is 8.42. The third-order valence-electron chi connectivity index (χ3n) is 2.00. The molecule has 2 rings (SSSR count). The molecule has 0 spiro atoms. The van der Waals surface area contributed by atoms with Gasteiger partial charge in [-0.05, 0) is 6.92 Å². The molecule has 2 aliphatic rings. The number of hydrogen-bond donors (Lipinski definition) is 0. The molecule has 0 aliphatic carbocycles. The highest BCUT2D eigenvalue weighted by Gasteiger charge is 2.22. The van der Waals surface area contributed by atoms with E-state index in [1.165, 1.54) is 0 Å². The molecule has 2 atom stereocenters. The van der Waals surface area contributed by atoms with Crippen molar-refractivity contribution in [2.24, 2.45) is 0 Å². The minimum absolute atomic E-state index is 0.379. The highest BCUT2D eigenvalue weighted by Crippen LogP contribution is 2.08. The summed E-state index contributed by atoms with van der Waals surface area (Å²) in [4.78, 5) is 0. The van der Waals surface area contributed by atoms with Gasteiger partial charge < -0.3 is 18.9 Å². The Hall–Kier alpha value is -0.680. The summed E-state index contributed by atoms with van der Waals surface area (Å²) < 4.78 is 20.1. The van der Waals surface area contributed by atoms with Crippen molar-refractivity contribution in [2.75, 3.05) is 39.6 Å². The average Bonchev–Trinajstić information content (AvgIpc) is 3.14. The molecule has 4 nitrogen and oxygen atoms in total. The molecule has 4 heteroatoms. The van der Waals surface area contributed by atoms with Crippen molar-refractivity contribution >= 4 is 0 Å². The Bertz CT molecular complexity index is 232. The number of hydrogen-bond acceptors (Lipinski definition) is 4. The minimum Gasteiger partial charge on any atom is -0.375 e. The van der Waals surface area contributed by atoms with Gasteiger partial charge in [0.15, 0.2) is 0 Å². The van der Waals surface area contributed by atoms with Crippen molar-refractivity contribution in [1.82, 2.24) is 0 Å². The molecular weight excluding hydrogens is 220 g/mol. The summed E-state index contributed by atoms with van der Waals surface area (Å²) in [5, 5.41) is 0. The highest BCUT2D eigenvalue weighted by molar-refractivity contribution is 4.87. The second-order valence-electron chi connectivity index (χ2n) is 4.21. The molecule has 0 radical (unpaired) electrons. The topological polar surface area (TPSA) is 43.5 Å². The zero-order valence-electron chi connectivity index (χ0n) is 10.5. The van der Waals surface area contributed by atoms with E-state index in [2.05, 4.69) is 13.2 Å². The number of rotatable bonds is 8. The molecule has 0 N–H and O–H groups in total. The summed E-state index contributed by atoms with van der Waals surface area (Å²) in [5.41, 5.74) is 1.07. The van der Waals surface area contributed by atoms with Crippen LogP contribution in [0.1, 0.15) is 6.92 Å². The first-order valence-corrected chi connectivity index (χ1v) is 5.86. The third kappa shape index (κ3) is 10.2. The number of epoxide rings is 2. The third-order valence-corrected chi connectivity index (χ3v) is 2.00. The van der Waals surface area contributed by atoms with Gasteiger partial charge in [0.25, 0.3) is 0 Å². The van der Waals surface area contributed by atoms with Gasteiger partial charge in [0.2, 0.25) is 0 Å². The van der Waals surface area contributed by atoms with Gasteiger partial charge in [-0.1, -0.05) is 18.2 Å². The summed E-state index contributed by atoms with van der Waals surface area (Å²) in [6.07, 6.45) is 2.50. The van der Waals surface area contributed by atoms with Crippen molar-refractivity contribution in [3.63, 3.8) is 0 Å². The predicted molar refractivity (Wildman–Crippen MR) is 66.1 cm³/mol. The Labute approximate surface area is 103 Å². The quantitative estimate of drug-likeness (QED) is 0.368. The fourth-order valence-electron chi connectivity index (χ4n) is 0.976. The van der Waals surface area contributed by atoms with E-state index in [-0.39, 0.29) is 0 Å². The lowest BCUT2D eigenvalue weighted by atomic mass is 10.4. The van der Waals surface area contributed by atoms with Crippen molar-refractivity contribution in [2.45, 2.75) is 19.1 Å². The molecule has 2 heterocycles. The molecule has 17 heavy (non-hydrogen) atoms. The van der Waals surface area contributed by atoms with Crippen LogP contribution >= 0.6 is 0 Å². The lowest BCUT2D eigenvalue weighted by molar-refractivity contribution is 0.136. The zero-order valence-corrected chi connectivity index (χ0v) is 10.5. The number of ether oxygens (including phenoxy) is 4. The van der Waals surface area contributed by atoms with Gasteiger partial charge in [-0.2, -0.15) is 0 Å². The average molecular weight is 242 g/mol. The lowest BCUT2D eigenvalue weighted by Gasteiger charge is -1.98. The van der Waals surface area contributed by atoms with Crippen LogP contribution in [-0.2, 0) is 18.9 Å². The van der Waals surface area contributed by atoms with Crippen LogP contribution in [0.2, 0.25) is 0 Å². The Kier molecular flexibility index (Phi) is 7.12. The SMILES string of the molecule is C=C(C)COCC1CO1.C=CCOCC1CO1. The molecule has 98 valence electrons. The van der Waals surface area contributed by atoms with Crippen LogP contribution in [0.15, 0.2) is 24.8 Å². The Morgan fingerprint density at radius 1 is 1.24 bits per heavy atom. The van der Waals surface area contributed by atoms with Gasteiger partial charge in [0.05, 0.1) is 39.6 Å². The van der Waals surface area contributed by atoms with Crippen LogP contribution in [0, 0.1) is 0 Å². The van der Waals surface area contributed by atoms with Crippen molar-refractivity contribution < 1.29 is 18.9 Å². The Morgan fingerprint density at radius 3 is 2.18 bits per heavy atom. The molecule has 2 unspecified atom stereocenters. The van der Waals surface area contributed by atoms with Gasteiger partial charge in [0, 0.05) is 0 Å². The Morgan fingerprint density at radius 2 is 1.76 bits per heavy atom. The maximum atomic E-state index is 5.19. The van der Waals surface area contributed by atoms with Crippen LogP contribution < -0.4 is 0 Å². The van der Waals surface area contributed by atoms with Gasteiger partial charge >= 0.3 is 0 Å². The van der Waals surface area contributed by atoms with E-state index in [0.717, 1.165) is 32.0 Å². The van der Waals surface area contributed by atoms with E-state index >= 15 is 0 Å². The van der Waals surface area contributed by atoms with Gasteiger partial charge in [-0.25, -0.2) is 0 Å². The highest BCUT2D eigenvalue weighted by atomic mass is 16.6. The molecule has 0 bridgehead atoms. The Balaban J connectivity index is 0.000000171. The first-order valence-electron chi connectivity index (χ1n) is 5.86. The maximum absolute atomic E-state index is 5.19. The molecule has 0 amide bonds. The fourth-order valence-corrected chi connectivity index (χ4v) is 0.976. The van der Waals surface area contributed by atoms with Crippen LogP contribution in [0.4, 0.5) is 0 Å². The molecular formula is C13H22O4. The minimum atomic E-state index is 0.379. The summed E-state index contributed by atoms with van der Waals surface area (Å²) in [6, 6.07) is 0. The van der Waals surface area contributed by atoms with Crippen molar-refractivity contribution in [3.05, 3.63) is 24.8 Å². The van der Waals surface area contributed by atoms with Gasteiger partial charge in [0.1, 0.15) is 12.2 Å². The smallest absolute Gasteiger partial charge is 0.104 e. The summed E-state index contributed by atoms with van der Waals surface area (Å²) in [5.74, 6) is 0. The molecule has 2 fully saturated rings. The molecule has 0 saturated carbocycles. The first-order chi connectivity index (χ1) is 8.22. The van der Waals surface area contributed by atoms with Crippen LogP contribution in [-0.4, -0.2) is 51.8 Å². The van der Waals surface area contributed by atoms with E-state index in [0.29, 0.717) is 25.4 Å². The van der Waals surface area contributed by atoms with E-state index in [1.807, 2.05) is 6.92 Å². The maximum Gasteiger partial charge on any atom is 0.104 e. The molecule has 0 aromatic rings. The van der Waals surface area contributed by atoms with Crippen molar-refractivity contribution in [3.8, 4) is 0 Å². The van der Waals surface area contributed by atoms with Gasteiger partial charge in [-0.15, -0.1) is 6.58 Å². The van der Waals surface area contributed by atoms with E-state index in [9.17, 15) is 0 Å². The predicted octanol–water partition coefficient (Wildman–Crippen LogP) is 1.57. The fraction of sp³-hybridized carbons (Fsp3) is 0.692. The van der Waals surface area contributed by atoms with E-state index in [1.54, 1.807) is 6.08 Å². The zero-order chi connectivity index (χ0) is 12.5. The summed E-state index contributed by atoms with van der Waals surface area (Å²) >= 11 is 0. The summed E-state index contributed by atoms with van der Waals surface area (Å²) in [7, 11) is 0. The van der Waals surface area contributed by atoms with Gasteiger partial charge in [-0.3, -0.25) is 0 Å². The van der Waals surface area contributed by atoms with Crippen LogP contribution in [0.25, 0.3) is 0 Å². The molecule has 2 aliphatic heterocycles. The van der Waals surface area contributed by atoms with E-state index in [4.69, 9.17) is 18.9 Å². The molecule has 0 aromatic heterocycles. The largest absolute Gasteiger partial charge is 0.375 e. The van der Waals surface area contributed by atoms with Crippen molar-refractivity contribution in [1.29, 1.82) is 0 Å². The standard InChI is InChI=1S/C7H12O2.C6H10O2/c1-6(2)3-8-4-7-5-9-7;1-2-3-7-4-6-5-8-6/h7H,1,3-5H2,2H3;2,6H,1,3-5H2. The molecule has 2 saturated heterocycles. The van der Waals surface area contributed by atoms with Crippen LogP contribution in [0.5, 0.6) is 0 Å². The summed E-state index contributed by atoms with van der Waals surface area (Å²) in [6.45, 7) is 13.7. The molecule has 0 aromatic carbocycles. The van der Waals surface area contributed by atoms with Crippen LogP contribution in [0.3, 0.4) is 0 Å². The lowest BCUT2D eigenvalue weighted by Crippen LogP contribution is -2.02. The second-order valence-corrected chi connectivity index (χ2v) is 4.21.